The normalized spacial score (nSPS) is 12.8. The minimum Gasteiger partial charge on any atom is -0.459 e. The van der Waals surface area contributed by atoms with Gasteiger partial charge >= 0.3 is 0 Å². The number of hydrogen-bond acceptors (Lipinski definition) is 2. The maximum Gasteiger partial charge on any atom is 0.159 e. The molecular formula is C16H13F2NO. The zero-order chi connectivity index (χ0) is 14.3. The van der Waals surface area contributed by atoms with Gasteiger partial charge in [-0.2, -0.15) is 0 Å². The molecular weight excluding hydrogens is 260 g/mol. The van der Waals surface area contributed by atoms with Crippen LogP contribution in [-0.4, -0.2) is 0 Å². The van der Waals surface area contributed by atoms with Gasteiger partial charge in [0.1, 0.15) is 11.3 Å². The SMILES string of the molecule is Cc1cccc2cc(C(N)c3ccc(F)c(F)c3)oc12. The van der Waals surface area contributed by atoms with E-state index in [1.54, 1.807) is 0 Å². The van der Waals surface area contributed by atoms with Crippen molar-refractivity contribution in [1.82, 2.24) is 0 Å². The lowest BCUT2D eigenvalue weighted by atomic mass is 10.0. The first-order valence-electron chi connectivity index (χ1n) is 6.26. The first-order chi connectivity index (χ1) is 9.56. The summed E-state index contributed by atoms with van der Waals surface area (Å²) in [6.45, 7) is 1.94. The number of furan rings is 1. The van der Waals surface area contributed by atoms with Gasteiger partial charge in [-0.1, -0.05) is 24.3 Å². The minimum absolute atomic E-state index is 0.473. The van der Waals surface area contributed by atoms with Crippen molar-refractivity contribution < 1.29 is 13.2 Å². The summed E-state index contributed by atoms with van der Waals surface area (Å²) in [6.07, 6.45) is 0. The molecule has 0 fully saturated rings. The quantitative estimate of drug-likeness (QED) is 0.764. The van der Waals surface area contributed by atoms with Crippen LogP contribution in [0.25, 0.3) is 11.0 Å². The molecule has 102 valence electrons. The zero-order valence-corrected chi connectivity index (χ0v) is 10.9. The number of nitrogens with two attached hydrogens (primary N) is 1. The van der Waals surface area contributed by atoms with Gasteiger partial charge in [-0.25, -0.2) is 8.78 Å². The van der Waals surface area contributed by atoms with Gasteiger partial charge in [0.05, 0.1) is 6.04 Å². The van der Waals surface area contributed by atoms with Crippen LogP contribution in [0.4, 0.5) is 8.78 Å². The van der Waals surface area contributed by atoms with Gasteiger partial charge in [0.2, 0.25) is 0 Å². The van der Waals surface area contributed by atoms with Crippen molar-refractivity contribution in [3.8, 4) is 0 Å². The Bertz CT molecular complexity index is 779. The summed E-state index contributed by atoms with van der Waals surface area (Å²) in [5.74, 6) is -1.27. The Morgan fingerprint density at radius 1 is 1.05 bits per heavy atom. The van der Waals surface area contributed by atoms with E-state index in [2.05, 4.69) is 0 Å². The van der Waals surface area contributed by atoms with Gasteiger partial charge in [-0.05, 0) is 36.2 Å². The third-order valence-electron chi connectivity index (χ3n) is 3.37. The summed E-state index contributed by atoms with van der Waals surface area (Å²) in [6, 6.07) is 10.6. The summed E-state index contributed by atoms with van der Waals surface area (Å²) in [4.78, 5) is 0. The highest BCUT2D eigenvalue weighted by Gasteiger charge is 2.16. The number of para-hydroxylation sites is 1. The summed E-state index contributed by atoms with van der Waals surface area (Å²) < 4.78 is 32.0. The number of aryl methyl sites for hydroxylation is 1. The summed E-state index contributed by atoms with van der Waals surface area (Å²) in [5, 5.41) is 0.943. The lowest BCUT2D eigenvalue weighted by molar-refractivity contribution is 0.499. The van der Waals surface area contributed by atoms with Crippen molar-refractivity contribution >= 4 is 11.0 Å². The minimum atomic E-state index is -0.912. The molecule has 0 saturated carbocycles. The first kappa shape index (κ1) is 12.8. The van der Waals surface area contributed by atoms with Crippen LogP contribution in [0.2, 0.25) is 0 Å². The lowest BCUT2D eigenvalue weighted by Crippen LogP contribution is -2.11. The van der Waals surface area contributed by atoms with Crippen molar-refractivity contribution in [3.63, 3.8) is 0 Å². The Morgan fingerprint density at radius 3 is 2.55 bits per heavy atom. The molecule has 0 amide bonds. The molecule has 3 rings (SSSR count). The average molecular weight is 273 g/mol. The fraction of sp³-hybridized carbons (Fsp3) is 0.125. The first-order valence-corrected chi connectivity index (χ1v) is 6.26. The largest absolute Gasteiger partial charge is 0.459 e. The van der Waals surface area contributed by atoms with Crippen molar-refractivity contribution in [2.24, 2.45) is 5.73 Å². The molecule has 1 heterocycles. The second-order valence-electron chi connectivity index (χ2n) is 4.79. The van der Waals surface area contributed by atoms with Crippen molar-refractivity contribution in [1.29, 1.82) is 0 Å². The second kappa shape index (κ2) is 4.72. The molecule has 1 aromatic heterocycles. The number of fused-ring (bicyclic) bond motifs is 1. The van der Waals surface area contributed by atoms with E-state index < -0.39 is 17.7 Å². The highest BCUT2D eigenvalue weighted by atomic mass is 19.2. The Labute approximate surface area is 114 Å². The van der Waals surface area contributed by atoms with Crippen LogP contribution in [0.3, 0.4) is 0 Å². The number of rotatable bonds is 2. The molecule has 2 nitrogen and oxygen atoms in total. The standard InChI is InChI=1S/C16H13F2NO/c1-9-3-2-4-11-8-14(20-16(9)11)15(19)10-5-6-12(17)13(18)7-10/h2-8,15H,19H2,1H3. The second-order valence-corrected chi connectivity index (χ2v) is 4.79. The monoisotopic (exact) mass is 273 g/mol. The maximum absolute atomic E-state index is 13.3. The van der Waals surface area contributed by atoms with Gasteiger partial charge in [-0.15, -0.1) is 0 Å². The molecule has 1 unspecified atom stereocenters. The van der Waals surface area contributed by atoms with Crippen molar-refractivity contribution in [2.75, 3.05) is 0 Å². The molecule has 0 aliphatic rings. The van der Waals surface area contributed by atoms with Crippen LogP contribution in [0.5, 0.6) is 0 Å². The van der Waals surface area contributed by atoms with E-state index in [1.165, 1.54) is 6.07 Å². The Balaban J connectivity index is 2.05. The summed E-state index contributed by atoms with van der Waals surface area (Å²) >= 11 is 0. The molecule has 20 heavy (non-hydrogen) atoms. The van der Waals surface area contributed by atoms with Gasteiger partial charge in [0.15, 0.2) is 11.6 Å². The smallest absolute Gasteiger partial charge is 0.159 e. The molecule has 0 bridgehead atoms. The Kier molecular flexibility index (Phi) is 3.03. The summed E-state index contributed by atoms with van der Waals surface area (Å²) in [7, 11) is 0. The molecule has 0 spiro atoms. The van der Waals surface area contributed by atoms with E-state index in [4.69, 9.17) is 10.2 Å². The van der Waals surface area contributed by atoms with Crippen LogP contribution in [0.15, 0.2) is 46.9 Å². The average Bonchev–Trinajstić information content (AvgIpc) is 2.86. The predicted octanol–water partition coefficient (Wildman–Crippen LogP) is 4.07. The van der Waals surface area contributed by atoms with Gasteiger partial charge in [0, 0.05) is 5.39 Å². The fourth-order valence-corrected chi connectivity index (χ4v) is 2.25. The topological polar surface area (TPSA) is 39.2 Å². The number of hydrogen-bond donors (Lipinski definition) is 1. The number of benzene rings is 2. The van der Waals surface area contributed by atoms with Crippen LogP contribution in [0.1, 0.15) is 22.9 Å². The van der Waals surface area contributed by atoms with E-state index in [9.17, 15) is 8.78 Å². The lowest BCUT2D eigenvalue weighted by Gasteiger charge is -2.09. The molecule has 0 aliphatic heterocycles. The highest BCUT2D eigenvalue weighted by molar-refractivity contribution is 5.81. The van der Waals surface area contributed by atoms with Crippen LogP contribution in [-0.2, 0) is 0 Å². The molecule has 3 aromatic rings. The molecule has 0 radical (unpaired) electrons. The Hall–Kier alpha value is -2.20. The van der Waals surface area contributed by atoms with Gasteiger partial charge < -0.3 is 10.2 Å². The van der Waals surface area contributed by atoms with Gasteiger partial charge in [-0.3, -0.25) is 0 Å². The molecule has 2 aromatic carbocycles. The van der Waals surface area contributed by atoms with Crippen molar-refractivity contribution in [2.45, 2.75) is 13.0 Å². The molecule has 4 heteroatoms. The summed E-state index contributed by atoms with van der Waals surface area (Å²) in [5.41, 5.74) is 8.31. The molecule has 2 N–H and O–H groups in total. The van der Waals surface area contributed by atoms with E-state index in [0.717, 1.165) is 28.7 Å². The van der Waals surface area contributed by atoms with E-state index in [1.807, 2.05) is 31.2 Å². The molecule has 0 saturated heterocycles. The van der Waals surface area contributed by atoms with E-state index in [0.29, 0.717) is 11.3 Å². The van der Waals surface area contributed by atoms with E-state index >= 15 is 0 Å². The molecule has 1 atom stereocenters. The maximum atomic E-state index is 13.3. The van der Waals surface area contributed by atoms with Crippen LogP contribution >= 0.6 is 0 Å². The third kappa shape index (κ3) is 2.08. The van der Waals surface area contributed by atoms with Gasteiger partial charge in [0.25, 0.3) is 0 Å². The highest BCUT2D eigenvalue weighted by Crippen LogP contribution is 2.29. The van der Waals surface area contributed by atoms with Crippen molar-refractivity contribution in [3.05, 3.63) is 71.0 Å². The van der Waals surface area contributed by atoms with Crippen LogP contribution < -0.4 is 5.73 Å². The zero-order valence-electron chi connectivity index (χ0n) is 10.9. The number of halogens is 2. The molecule has 0 aliphatic carbocycles. The Morgan fingerprint density at radius 2 is 1.85 bits per heavy atom. The third-order valence-corrected chi connectivity index (χ3v) is 3.37. The van der Waals surface area contributed by atoms with Crippen LogP contribution in [0, 0.1) is 18.6 Å². The fourth-order valence-electron chi connectivity index (χ4n) is 2.25. The predicted molar refractivity (Wildman–Crippen MR) is 73.3 cm³/mol. The van der Waals surface area contributed by atoms with E-state index in [-0.39, 0.29) is 0 Å².